The molecule has 0 aromatic heterocycles. The zero-order valence-corrected chi connectivity index (χ0v) is 11.9. The Balaban J connectivity index is 2.12. The third-order valence-corrected chi connectivity index (χ3v) is 2.92. The largest absolute Gasteiger partial charge is 0.502 e. The fourth-order valence-corrected chi connectivity index (χ4v) is 1.76. The molecule has 2 N–H and O–H groups in total. The number of benzene rings is 2. The number of phenolic OH excluding ortho intramolecular Hbond substituents is 1. The molecule has 0 spiro atoms. The lowest BCUT2D eigenvalue weighted by Gasteiger charge is -2.02. The van der Waals surface area contributed by atoms with Crippen LogP contribution in [-0.2, 0) is 0 Å². The first-order valence-electron chi connectivity index (χ1n) is 6.43. The second-order valence-electron chi connectivity index (χ2n) is 4.51. The SMILES string of the molecule is N#Cc1ccc(C(=O)N/N=C\c2ccc(O)c([N+](=O)[O-])c2)c(F)c1. The number of hydrazone groups is 1. The second kappa shape index (κ2) is 6.97. The molecular formula is C15H9FN4O4. The normalized spacial score (nSPS) is 10.3. The number of nitrogens with one attached hydrogen (secondary N) is 1. The third kappa shape index (κ3) is 3.69. The molecule has 1 amide bonds. The van der Waals surface area contributed by atoms with E-state index in [9.17, 15) is 24.4 Å². The lowest BCUT2D eigenvalue weighted by Crippen LogP contribution is -2.19. The monoisotopic (exact) mass is 328 g/mol. The summed E-state index contributed by atoms with van der Waals surface area (Å²) in [6.07, 6.45) is 1.10. The maximum atomic E-state index is 13.7. The van der Waals surface area contributed by atoms with Gasteiger partial charge in [0.15, 0.2) is 5.75 Å². The first-order chi connectivity index (χ1) is 11.4. The summed E-state index contributed by atoms with van der Waals surface area (Å²) in [6, 6.07) is 8.61. The predicted molar refractivity (Wildman–Crippen MR) is 80.9 cm³/mol. The number of halogens is 1. The van der Waals surface area contributed by atoms with Gasteiger partial charge in [0.05, 0.1) is 28.3 Å². The molecule has 120 valence electrons. The van der Waals surface area contributed by atoms with Crippen LogP contribution in [0.1, 0.15) is 21.5 Å². The van der Waals surface area contributed by atoms with Crippen LogP contribution in [0.25, 0.3) is 0 Å². The number of rotatable bonds is 4. The zero-order valence-electron chi connectivity index (χ0n) is 11.9. The van der Waals surface area contributed by atoms with Crippen molar-refractivity contribution in [1.29, 1.82) is 5.26 Å². The van der Waals surface area contributed by atoms with E-state index in [1.54, 1.807) is 6.07 Å². The Hall–Kier alpha value is -3.80. The van der Waals surface area contributed by atoms with E-state index < -0.39 is 28.1 Å². The molecule has 0 radical (unpaired) electrons. The van der Waals surface area contributed by atoms with Crippen molar-refractivity contribution in [2.75, 3.05) is 0 Å². The van der Waals surface area contributed by atoms with Crippen LogP contribution in [-0.4, -0.2) is 22.2 Å². The number of hydrogen-bond donors (Lipinski definition) is 2. The van der Waals surface area contributed by atoms with Gasteiger partial charge in [-0.2, -0.15) is 10.4 Å². The van der Waals surface area contributed by atoms with Gasteiger partial charge >= 0.3 is 5.69 Å². The Morgan fingerprint density at radius 3 is 2.75 bits per heavy atom. The third-order valence-electron chi connectivity index (χ3n) is 2.92. The van der Waals surface area contributed by atoms with Crippen molar-refractivity contribution >= 4 is 17.8 Å². The number of phenols is 1. The number of nitrogens with zero attached hydrogens (tertiary/aromatic N) is 3. The van der Waals surface area contributed by atoms with Crippen LogP contribution in [0.3, 0.4) is 0 Å². The summed E-state index contributed by atoms with van der Waals surface area (Å²) < 4.78 is 13.7. The van der Waals surface area contributed by atoms with Crippen molar-refractivity contribution in [2.45, 2.75) is 0 Å². The van der Waals surface area contributed by atoms with E-state index in [-0.39, 0.29) is 16.7 Å². The quantitative estimate of drug-likeness (QED) is 0.504. The highest BCUT2D eigenvalue weighted by Crippen LogP contribution is 2.25. The Morgan fingerprint density at radius 2 is 2.12 bits per heavy atom. The van der Waals surface area contributed by atoms with E-state index in [0.29, 0.717) is 0 Å². The minimum atomic E-state index is -0.873. The summed E-state index contributed by atoms with van der Waals surface area (Å²) in [5.74, 6) is -2.22. The molecule has 0 bridgehead atoms. The molecule has 0 atom stereocenters. The first-order valence-corrected chi connectivity index (χ1v) is 6.43. The summed E-state index contributed by atoms with van der Waals surface area (Å²) in [7, 11) is 0. The van der Waals surface area contributed by atoms with Crippen molar-refractivity contribution < 1.29 is 19.2 Å². The van der Waals surface area contributed by atoms with Gasteiger partial charge in [0.25, 0.3) is 5.91 Å². The predicted octanol–water partition coefficient (Wildman–Crippen LogP) is 2.08. The van der Waals surface area contributed by atoms with Crippen molar-refractivity contribution in [3.05, 3.63) is 69.0 Å². The summed E-state index contributed by atoms with van der Waals surface area (Å²) in [6.45, 7) is 0. The van der Waals surface area contributed by atoms with Crippen molar-refractivity contribution in [3.8, 4) is 11.8 Å². The molecule has 0 heterocycles. The van der Waals surface area contributed by atoms with Crippen LogP contribution < -0.4 is 5.43 Å². The lowest BCUT2D eigenvalue weighted by atomic mass is 10.1. The van der Waals surface area contributed by atoms with Crippen LogP contribution in [0.2, 0.25) is 0 Å². The Bertz CT molecular complexity index is 890. The van der Waals surface area contributed by atoms with Crippen molar-refractivity contribution in [2.24, 2.45) is 5.10 Å². The van der Waals surface area contributed by atoms with Gasteiger partial charge in [0, 0.05) is 11.6 Å². The van der Waals surface area contributed by atoms with Gasteiger partial charge in [-0.1, -0.05) is 0 Å². The number of aromatic hydroxyl groups is 1. The van der Waals surface area contributed by atoms with Crippen LogP contribution in [0.4, 0.5) is 10.1 Å². The number of nitro benzene ring substituents is 1. The Labute approximate surface area is 134 Å². The maximum absolute atomic E-state index is 13.7. The molecule has 0 aliphatic rings. The molecule has 0 aliphatic heterocycles. The summed E-state index contributed by atoms with van der Waals surface area (Å²) in [5, 5.41) is 32.2. The van der Waals surface area contributed by atoms with Gasteiger partial charge in [-0.3, -0.25) is 14.9 Å². The second-order valence-corrected chi connectivity index (χ2v) is 4.51. The van der Waals surface area contributed by atoms with Crippen molar-refractivity contribution in [3.63, 3.8) is 0 Å². The number of carbonyl (C=O) groups excluding carboxylic acids is 1. The number of amides is 1. The Kier molecular flexibility index (Phi) is 4.81. The standard InChI is InChI=1S/C15H9FN4O4/c16-12-5-9(7-17)1-3-11(12)15(22)19-18-8-10-2-4-14(21)13(6-10)20(23)24/h1-6,8,21H,(H,19,22)/b18-8-. The van der Waals surface area contributed by atoms with Crippen LogP contribution >= 0.6 is 0 Å². The van der Waals surface area contributed by atoms with Crippen LogP contribution in [0, 0.1) is 27.3 Å². The van der Waals surface area contributed by atoms with E-state index in [4.69, 9.17) is 5.26 Å². The topological polar surface area (TPSA) is 129 Å². The van der Waals surface area contributed by atoms with E-state index in [2.05, 4.69) is 10.5 Å². The summed E-state index contributed by atoms with van der Waals surface area (Å²) in [4.78, 5) is 21.7. The smallest absolute Gasteiger partial charge is 0.311 e. The number of nitriles is 1. The van der Waals surface area contributed by atoms with Crippen LogP contribution in [0.5, 0.6) is 5.75 Å². The van der Waals surface area contributed by atoms with Gasteiger partial charge in [0.2, 0.25) is 0 Å². The van der Waals surface area contributed by atoms with Gasteiger partial charge in [-0.25, -0.2) is 9.82 Å². The van der Waals surface area contributed by atoms with Gasteiger partial charge in [0.1, 0.15) is 5.82 Å². The molecule has 9 heteroatoms. The molecule has 24 heavy (non-hydrogen) atoms. The molecular weight excluding hydrogens is 319 g/mol. The summed E-state index contributed by atoms with van der Waals surface area (Å²) >= 11 is 0. The Morgan fingerprint density at radius 1 is 1.38 bits per heavy atom. The number of carbonyl (C=O) groups is 1. The molecule has 8 nitrogen and oxygen atoms in total. The highest BCUT2D eigenvalue weighted by Gasteiger charge is 2.13. The average molecular weight is 328 g/mol. The molecule has 0 fully saturated rings. The van der Waals surface area contributed by atoms with Gasteiger partial charge in [-0.05, 0) is 30.3 Å². The van der Waals surface area contributed by atoms with E-state index in [1.165, 1.54) is 12.1 Å². The first kappa shape index (κ1) is 16.6. The fraction of sp³-hybridized carbons (Fsp3) is 0. The highest BCUT2D eigenvalue weighted by atomic mass is 19.1. The molecule has 0 unspecified atom stereocenters. The molecule has 2 aromatic rings. The highest BCUT2D eigenvalue weighted by molar-refractivity contribution is 5.95. The van der Waals surface area contributed by atoms with Crippen molar-refractivity contribution in [1.82, 2.24) is 5.43 Å². The van der Waals surface area contributed by atoms with E-state index >= 15 is 0 Å². The summed E-state index contributed by atoms with van der Waals surface area (Å²) in [5.41, 5.74) is 1.57. The fourth-order valence-electron chi connectivity index (χ4n) is 1.76. The van der Waals surface area contributed by atoms with Gasteiger partial charge < -0.3 is 5.11 Å². The minimum Gasteiger partial charge on any atom is -0.502 e. The van der Waals surface area contributed by atoms with Gasteiger partial charge in [-0.15, -0.1) is 0 Å². The molecule has 2 rings (SSSR count). The minimum absolute atomic E-state index is 0.0731. The molecule has 0 saturated carbocycles. The lowest BCUT2D eigenvalue weighted by molar-refractivity contribution is -0.385. The zero-order chi connectivity index (χ0) is 17.7. The van der Waals surface area contributed by atoms with E-state index in [1.807, 2.05) is 0 Å². The number of hydrogen-bond acceptors (Lipinski definition) is 6. The molecule has 0 saturated heterocycles. The van der Waals surface area contributed by atoms with E-state index in [0.717, 1.165) is 30.5 Å². The molecule has 2 aromatic carbocycles. The molecule has 0 aliphatic carbocycles. The van der Waals surface area contributed by atoms with Crippen LogP contribution in [0.15, 0.2) is 41.5 Å². The average Bonchev–Trinajstić information content (AvgIpc) is 2.55. The number of nitro groups is 1. The maximum Gasteiger partial charge on any atom is 0.311 e.